The summed E-state index contributed by atoms with van der Waals surface area (Å²) in [5, 5.41) is 6.58. The molecule has 0 unspecified atom stereocenters. The maximum absolute atomic E-state index is 6.35. The molecule has 39 heavy (non-hydrogen) atoms. The van der Waals surface area contributed by atoms with Gasteiger partial charge in [-0.05, 0) is 76.7 Å². The predicted octanol–water partition coefficient (Wildman–Crippen LogP) is 3.47. The van der Waals surface area contributed by atoms with Crippen molar-refractivity contribution >= 4 is 17.3 Å². The van der Waals surface area contributed by atoms with Gasteiger partial charge in [0.25, 0.3) is 0 Å². The molecule has 2 saturated heterocycles. The molecule has 10 heteroatoms. The van der Waals surface area contributed by atoms with E-state index in [-0.39, 0.29) is 5.16 Å². The highest BCUT2D eigenvalue weighted by Gasteiger charge is 2.17. The number of nitrogens with two attached hydrogens (primary N) is 4. The number of likely N-dealkylation sites (tertiary alicyclic amines) is 2. The van der Waals surface area contributed by atoms with Gasteiger partial charge in [0.15, 0.2) is 0 Å². The lowest BCUT2D eigenvalue weighted by Crippen LogP contribution is -2.34. The van der Waals surface area contributed by atoms with Gasteiger partial charge >= 0.3 is 0 Å². The molecule has 0 aromatic heterocycles. The van der Waals surface area contributed by atoms with E-state index in [0.29, 0.717) is 17.3 Å². The van der Waals surface area contributed by atoms with E-state index in [1.165, 1.54) is 38.5 Å². The lowest BCUT2D eigenvalue weighted by molar-refractivity contribution is 0.288. The molecule has 0 atom stereocenters. The number of para-hydroxylation sites is 1. The van der Waals surface area contributed by atoms with Gasteiger partial charge < -0.3 is 48.1 Å². The Balaban J connectivity index is 0.000000293. The molecule has 2 fully saturated rings. The minimum Gasteiger partial charge on any atom is -0.496 e. The number of piperidine rings is 2. The zero-order chi connectivity index (χ0) is 28.6. The number of hydrogen-bond acceptors (Lipinski definition) is 9. The van der Waals surface area contributed by atoms with Gasteiger partial charge in [-0.1, -0.05) is 23.7 Å². The van der Waals surface area contributed by atoms with Crippen LogP contribution < -0.4 is 38.3 Å². The summed E-state index contributed by atoms with van der Waals surface area (Å²) < 4.78 is 5.40. The fourth-order valence-electron chi connectivity index (χ4n) is 4.75. The van der Waals surface area contributed by atoms with Gasteiger partial charge in [-0.2, -0.15) is 0 Å². The fourth-order valence-corrected chi connectivity index (χ4v) is 4.85. The summed E-state index contributed by atoms with van der Waals surface area (Å²) in [6, 6.07) is 7.76. The van der Waals surface area contributed by atoms with Gasteiger partial charge in [-0.25, -0.2) is 0 Å². The van der Waals surface area contributed by atoms with E-state index >= 15 is 0 Å². The van der Waals surface area contributed by atoms with Crippen LogP contribution in [0.2, 0.25) is 0 Å². The van der Waals surface area contributed by atoms with Gasteiger partial charge in [0.05, 0.1) is 18.5 Å². The third kappa shape index (κ3) is 10.4. The van der Waals surface area contributed by atoms with E-state index in [4.69, 9.17) is 39.3 Å². The van der Waals surface area contributed by atoms with Crippen LogP contribution in [-0.4, -0.2) is 56.2 Å². The molecule has 218 valence electrons. The van der Waals surface area contributed by atoms with Crippen LogP contribution in [0.15, 0.2) is 64.6 Å². The third-order valence-corrected chi connectivity index (χ3v) is 6.77. The van der Waals surface area contributed by atoms with Crippen LogP contribution >= 0.6 is 11.6 Å². The van der Waals surface area contributed by atoms with Crippen LogP contribution in [0.1, 0.15) is 57.9 Å². The molecule has 0 amide bonds. The SMILES string of the molecule is CCN/C(N)=C(/C=C(\N)Cl)N1CCCCC1.CCN/C(N)=C(/C=C(\N)c1ccccc1OC)N1CCCCC1. The van der Waals surface area contributed by atoms with Crippen LogP contribution in [0.25, 0.3) is 5.70 Å². The van der Waals surface area contributed by atoms with E-state index in [2.05, 4.69) is 20.4 Å². The van der Waals surface area contributed by atoms with Crippen LogP contribution in [0.4, 0.5) is 0 Å². The summed E-state index contributed by atoms with van der Waals surface area (Å²) >= 11 is 5.73. The number of nitrogens with zero attached hydrogens (tertiary/aromatic N) is 2. The zero-order valence-corrected chi connectivity index (χ0v) is 24.7. The first-order valence-electron chi connectivity index (χ1n) is 14.0. The molecule has 1 aromatic carbocycles. The van der Waals surface area contributed by atoms with Crippen LogP contribution in [0.3, 0.4) is 0 Å². The number of methoxy groups -OCH3 is 1. The summed E-state index contributed by atoms with van der Waals surface area (Å²) in [4.78, 5) is 4.54. The third-order valence-electron chi connectivity index (χ3n) is 6.66. The first kappa shape index (κ1) is 31.9. The molecule has 0 bridgehead atoms. The highest BCUT2D eigenvalue weighted by atomic mass is 35.5. The van der Waals surface area contributed by atoms with Crippen molar-refractivity contribution < 1.29 is 4.74 Å². The maximum Gasteiger partial charge on any atom is 0.128 e. The number of ether oxygens (including phenoxy) is 1. The molecule has 0 radical (unpaired) electrons. The second kappa shape index (κ2) is 17.3. The first-order valence-corrected chi connectivity index (χ1v) is 14.4. The largest absolute Gasteiger partial charge is 0.496 e. The van der Waals surface area contributed by atoms with Gasteiger partial charge in [0.2, 0.25) is 0 Å². The van der Waals surface area contributed by atoms with E-state index in [9.17, 15) is 0 Å². The quantitative estimate of drug-likeness (QED) is 0.187. The second-order valence-electron chi connectivity index (χ2n) is 9.58. The Hall–Kier alpha value is -3.33. The monoisotopic (exact) mass is 560 g/mol. The summed E-state index contributed by atoms with van der Waals surface area (Å²) in [7, 11) is 1.65. The van der Waals surface area contributed by atoms with Crippen molar-refractivity contribution in [1.29, 1.82) is 0 Å². The maximum atomic E-state index is 6.35. The second-order valence-corrected chi connectivity index (χ2v) is 10.0. The lowest BCUT2D eigenvalue weighted by atomic mass is 10.1. The summed E-state index contributed by atoms with van der Waals surface area (Å²) in [5.41, 5.74) is 27.5. The Bertz CT molecular complexity index is 1000. The summed E-state index contributed by atoms with van der Waals surface area (Å²) in [5.74, 6) is 2.08. The zero-order valence-electron chi connectivity index (χ0n) is 23.9. The minimum atomic E-state index is 0.265. The number of rotatable bonds is 10. The van der Waals surface area contributed by atoms with E-state index in [0.717, 1.165) is 62.0 Å². The smallest absolute Gasteiger partial charge is 0.128 e. The fraction of sp³-hybridized carbons (Fsp3) is 0.517. The van der Waals surface area contributed by atoms with E-state index < -0.39 is 0 Å². The van der Waals surface area contributed by atoms with Gasteiger partial charge in [-0.3, -0.25) is 0 Å². The lowest BCUT2D eigenvalue weighted by Gasteiger charge is -2.31. The molecule has 2 aliphatic heterocycles. The Morgan fingerprint density at radius 1 is 0.795 bits per heavy atom. The Kier molecular flexibility index (Phi) is 14.1. The highest BCUT2D eigenvalue weighted by Crippen LogP contribution is 2.25. The van der Waals surface area contributed by atoms with Crippen molar-refractivity contribution in [3.8, 4) is 5.75 Å². The van der Waals surface area contributed by atoms with Crippen molar-refractivity contribution in [3.63, 3.8) is 0 Å². The van der Waals surface area contributed by atoms with Crippen molar-refractivity contribution in [1.82, 2.24) is 20.4 Å². The van der Waals surface area contributed by atoms with Crippen molar-refractivity contribution in [2.45, 2.75) is 52.4 Å². The van der Waals surface area contributed by atoms with Gasteiger partial charge in [0.1, 0.15) is 22.5 Å². The molecule has 0 saturated carbocycles. The molecule has 9 nitrogen and oxygen atoms in total. The molecule has 0 spiro atoms. The van der Waals surface area contributed by atoms with Gasteiger partial charge in [0, 0.05) is 50.5 Å². The van der Waals surface area contributed by atoms with Gasteiger partial charge in [-0.15, -0.1) is 0 Å². The summed E-state index contributed by atoms with van der Waals surface area (Å²) in [6.07, 6.45) is 11.0. The number of benzene rings is 1. The molecule has 0 aliphatic carbocycles. The van der Waals surface area contributed by atoms with Crippen LogP contribution in [-0.2, 0) is 0 Å². The number of halogens is 1. The molecule has 2 aliphatic rings. The average Bonchev–Trinajstić information content (AvgIpc) is 2.95. The predicted molar refractivity (Wildman–Crippen MR) is 164 cm³/mol. The highest BCUT2D eigenvalue weighted by molar-refractivity contribution is 6.29. The Morgan fingerprint density at radius 2 is 1.26 bits per heavy atom. The Morgan fingerprint density at radius 3 is 1.69 bits per heavy atom. The van der Waals surface area contributed by atoms with E-state index in [1.807, 2.05) is 44.2 Å². The topological polar surface area (TPSA) is 144 Å². The van der Waals surface area contributed by atoms with Crippen molar-refractivity contribution in [2.24, 2.45) is 22.9 Å². The minimum absolute atomic E-state index is 0.265. The number of nitrogens with one attached hydrogen (secondary N) is 2. The summed E-state index contributed by atoms with van der Waals surface area (Å²) in [6.45, 7) is 9.67. The molecule has 2 heterocycles. The standard InChI is InChI=1S/C18H28N4O.C11H21ClN4/c1-3-21-18(20)16(22-11-7-4-8-12-22)13-15(19)14-9-5-6-10-17(14)23-2;1-2-15-11(14)9(8-10(12)13)16-6-4-3-5-7-16/h5-6,9-10,13,21H,3-4,7-8,11-12,19-20H2,1-2H3;8,15H,2-7,13-14H2,1H3/b15-13-,18-16-;10-8-,11-9-. The molecule has 1 aromatic rings. The Labute approximate surface area is 239 Å². The van der Waals surface area contributed by atoms with Crippen molar-refractivity contribution in [2.75, 3.05) is 46.4 Å². The number of allylic oxidation sites excluding steroid dienone is 2. The van der Waals surface area contributed by atoms with Crippen LogP contribution in [0, 0.1) is 0 Å². The molecular formula is C29H49ClN8O. The normalized spacial score (nSPS) is 17.8. The first-order chi connectivity index (χ1) is 18.8. The van der Waals surface area contributed by atoms with E-state index in [1.54, 1.807) is 13.2 Å². The number of hydrogen-bond donors (Lipinski definition) is 6. The molecular weight excluding hydrogens is 512 g/mol. The molecule has 10 N–H and O–H groups in total. The molecule has 3 rings (SSSR count). The van der Waals surface area contributed by atoms with Crippen molar-refractivity contribution in [3.05, 3.63) is 70.2 Å². The van der Waals surface area contributed by atoms with Crippen LogP contribution in [0.5, 0.6) is 5.75 Å². The average molecular weight is 561 g/mol.